The lowest BCUT2D eigenvalue weighted by atomic mass is 9.86. The Hall–Kier alpha value is -3.15. The summed E-state index contributed by atoms with van der Waals surface area (Å²) < 4.78 is 7.29. The third-order valence-electron chi connectivity index (χ3n) is 4.67. The molecule has 3 aromatic rings. The first-order chi connectivity index (χ1) is 12.7. The molecule has 1 atom stereocenters. The minimum atomic E-state index is -0.308. The molecule has 6 nitrogen and oxygen atoms in total. The number of carbonyl (C=O) groups excluding carboxylic acids is 1. The van der Waals surface area contributed by atoms with Crippen LogP contribution in [0.5, 0.6) is 0 Å². The van der Waals surface area contributed by atoms with Crippen LogP contribution in [0, 0.1) is 0 Å². The van der Waals surface area contributed by atoms with Crippen LogP contribution in [0.4, 0.5) is 4.79 Å². The molecule has 6 heteroatoms. The van der Waals surface area contributed by atoms with Crippen molar-refractivity contribution in [3.05, 3.63) is 83.4 Å². The average molecular weight is 348 g/mol. The first-order valence-electron chi connectivity index (χ1n) is 8.57. The van der Waals surface area contributed by atoms with Crippen molar-refractivity contribution in [3.8, 4) is 0 Å². The number of benzene rings is 1. The Kier molecular flexibility index (Phi) is 4.39. The van der Waals surface area contributed by atoms with Gasteiger partial charge in [-0.05, 0) is 22.8 Å². The number of rotatable bonds is 3. The quantitative estimate of drug-likeness (QED) is 0.730. The lowest BCUT2D eigenvalue weighted by Crippen LogP contribution is -2.38. The molecule has 0 N–H and O–H groups in total. The number of nitrogens with zero attached hydrogens (tertiary/aromatic N) is 4. The molecule has 3 heterocycles. The maximum Gasteiger partial charge on any atom is 0.410 e. The van der Waals surface area contributed by atoms with Crippen molar-refractivity contribution >= 4 is 6.09 Å². The molecular weight excluding hydrogens is 328 g/mol. The van der Waals surface area contributed by atoms with Gasteiger partial charge in [-0.15, -0.1) is 0 Å². The van der Waals surface area contributed by atoms with Crippen LogP contribution in [0.15, 0.2) is 61.2 Å². The molecule has 0 unspecified atom stereocenters. The van der Waals surface area contributed by atoms with Gasteiger partial charge < -0.3 is 9.64 Å². The number of fused-ring (bicyclic) bond motifs is 1. The lowest BCUT2D eigenvalue weighted by Gasteiger charge is -2.33. The smallest absolute Gasteiger partial charge is 0.410 e. The average Bonchev–Trinajstić information content (AvgIpc) is 3.12. The molecule has 26 heavy (non-hydrogen) atoms. The molecule has 0 spiro atoms. The van der Waals surface area contributed by atoms with Crippen LogP contribution in [-0.4, -0.2) is 32.3 Å². The maximum absolute atomic E-state index is 12.6. The molecule has 0 fully saturated rings. The van der Waals surface area contributed by atoms with Gasteiger partial charge in [0.25, 0.3) is 0 Å². The van der Waals surface area contributed by atoms with Gasteiger partial charge in [0.1, 0.15) is 6.61 Å². The van der Waals surface area contributed by atoms with E-state index in [1.54, 1.807) is 22.0 Å². The van der Waals surface area contributed by atoms with E-state index in [9.17, 15) is 4.79 Å². The SMILES string of the molecule is Cn1cc([C@H]2CN(C(=O)OCc3cccnc3)Cc3ccccc32)cn1. The van der Waals surface area contributed by atoms with Gasteiger partial charge in [0.05, 0.1) is 6.20 Å². The second-order valence-electron chi connectivity index (χ2n) is 6.50. The fraction of sp³-hybridized carbons (Fsp3) is 0.250. The lowest BCUT2D eigenvalue weighted by molar-refractivity contribution is 0.0897. The number of ether oxygens (including phenoxy) is 1. The van der Waals surface area contributed by atoms with Crippen LogP contribution in [0.1, 0.15) is 28.2 Å². The van der Waals surface area contributed by atoms with Gasteiger partial charge in [-0.3, -0.25) is 9.67 Å². The van der Waals surface area contributed by atoms with E-state index in [0.29, 0.717) is 13.1 Å². The van der Waals surface area contributed by atoms with E-state index >= 15 is 0 Å². The Morgan fingerprint density at radius 1 is 1.23 bits per heavy atom. The third-order valence-corrected chi connectivity index (χ3v) is 4.67. The highest BCUT2D eigenvalue weighted by Gasteiger charge is 2.30. The van der Waals surface area contributed by atoms with Crippen molar-refractivity contribution in [2.24, 2.45) is 7.05 Å². The Balaban J connectivity index is 1.54. The number of aromatic nitrogens is 3. The summed E-state index contributed by atoms with van der Waals surface area (Å²) in [6, 6.07) is 12.0. The summed E-state index contributed by atoms with van der Waals surface area (Å²) in [7, 11) is 1.90. The standard InChI is InChI=1S/C20H20N4O2/c1-23-11-17(10-22-23)19-13-24(12-16-6-2-3-7-18(16)19)20(25)26-14-15-5-4-8-21-9-15/h2-11,19H,12-14H2,1H3/t19-/m1/s1. The zero-order chi connectivity index (χ0) is 17.9. The van der Waals surface area contributed by atoms with E-state index in [4.69, 9.17) is 4.74 Å². The zero-order valence-corrected chi connectivity index (χ0v) is 14.6. The minimum absolute atomic E-state index is 0.0968. The summed E-state index contributed by atoms with van der Waals surface area (Å²) in [5, 5.41) is 4.29. The van der Waals surface area contributed by atoms with Crippen molar-refractivity contribution in [2.75, 3.05) is 6.54 Å². The fourth-order valence-electron chi connectivity index (χ4n) is 3.37. The van der Waals surface area contributed by atoms with Crippen LogP contribution in [0.25, 0.3) is 0 Å². The first kappa shape index (κ1) is 16.3. The van der Waals surface area contributed by atoms with Crippen LogP contribution in [-0.2, 0) is 24.9 Å². The van der Waals surface area contributed by atoms with Gasteiger partial charge in [0, 0.05) is 50.2 Å². The largest absolute Gasteiger partial charge is 0.444 e. The second-order valence-corrected chi connectivity index (χ2v) is 6.50. The molecule has 0 radical (unpaired) electrons. The van der Waals surface area contributed by atoms with Crippen LogP contribution >= 0.6 is 0 Å². The van der Waals surface area contributed by atoms with E-state index < -0.39 is 0 Å². The fourth-order valence-corrected chi connectivity index (χ4v) is 3.37. The molecule has 1 aromatic carbocycles. The number of amides is 1. The number of hydrogen-bond acceptors (Lipinski definition) is 4. The van der Waals surface area contributed by atoms with Crippen LogP contribution in [0.3, 0.4) is 0 Å². The van der Waals surface area contributed by atoms with E-state index in [1.165, 1.54) is 5.56 Å². The number of carbonyl (C=O) groups is 1. The molecule has 1 aliphatic heterocycles. The maximum atomic E-state index is 12.6. The molecule has 0 saturated heterocycles. The molecule has 0 bridgehead atoms. The number of aryl methyl sites for hydroxylation is 1. The number of hydrogen-bond donors (Lipinski definition) is 0. The highest BCUT2D eigenvalue weighted by atomic mass is 16.6. The van der Waals surface area contributed by atoms with Crippen molar-refractivity contribution in [3.63, 3.8) is 0 Å². The topological polar surface area (TPSA) is 60.2 Å². The summed E-state index contributed by atoms with van der Waals surface area (Å²) >= 11 is 0. The Morgan fingerprint density at radius 2 is 2.12 bits per heavy atom. The first-order valence-corrected chi connectivity index (χ1v) is 8.57. The molecule has 4 rings (SSSR count). The van der Waals surface area contributed by atoms with Gasteiger partial charge in [-0.2, -0.15) is 5.10 Å². The second kappa shape index (κ2) is 7.00. The van der Waals surface area contributed by atoms with Gasteiger partial charge in [0.15, 0.2) is 0 Å². The predicted octanol–water partition coefficient (Wildman–Crippen LogP) is 3.10. The third kappa shape index (κ3) is 3.31. The van der Waals surface area contributed by atoms with Gasteiger partial charge in [-0.1, -0.05) is 30.3 Å². The molecule has 1 amide bonds. The van der Waals surface area contributed by atoms with Gasteiger partial charge >= 0.3 is 6.09 Å². The summed E-state index contributed by atoms with van der Waals surface area (Å²) in [5.74, 6) is 0.0968. The van der Waals surface area contributed by atoms with Gasteiger partial charge in [0.2, 0.25) is 0 Å². The summed E-state index contributed by atoms with van der Waals surface area (Å²) in [5.41, 5.74) is 4.37. The molecule has 0 saturated carbocycles. The molecule has 2 aromatic heterocycles. The highest BCUT2D eigenvalue weighted by molar-refractivity contribution is 5.68. The summed E-state index contributed by atoms with van der Waals surface area (Å²) in [6.07, 6.45) is 6.97. The van der Waals surface area contributed by atoms with E-state index in [1.807, 2.05) is 43.7 Å². The van der Waals surface area contributed by atoms with Crippen molar-refractivity contribution < 1.29 is 9.53 Å². The Labute approximate surface area is 152 Å². The number of pyridine rings is 1. The Bertz CT molecular complexity index is 907. The van der Waals surface area contributed by atoms with Crippen molar-refractivity contribution in [1.82, 2.24) is 19.7 Å². The predicted molar refractivity (Wildman–Crippen MR) is 96.3 cm³/mol. The minimum Gasteiger partial charge on any atom is -0.444 e. The van der Waals surface area contributed by atoms with Gasteiger partial charge in [-0.25, -0.2) is 4.79 Å². The van der Waals surface area contributed by atoms with E-state index in [-0.39, 0.29) is 18.6 Å². The summed E-state index contributed by atoms with van der Waals surface area (Å²) in [4.78, 5) is 18.4. The Morgan fingerprint density at radius 3 is 2.88 bits per heavy atom. The molecule has 0 aliphatic carbocycles. The van der Waals surface area contributed by atoms with Crippen molar-refractivity contribution in [2.45, 2.75) is 19.1 Å². The monoisotopic (exact) mass is 348 g/mol. The van der Waals surface area contributed by atoms with Crippen LogP contribution in [0.2, 0.25) is 0 Å². The van der Waals surface area contributed by atoms with E-state index in [0.717, 1.165) is 16.7 Å². The van der Waals surface area contributed by atoms with E-state index in [2.05, 4.69) is 22.2 Å². The van der Waals surface area contributed by atoms with Crippen molar-refractivity contribution in [1.29, 1.82) is 0 Å². The summed E-state index contributed by atoms with van der Waals surface area (Å²) in [6.45, 7) is 1.36. The zero-order valence-electron chi connectivity index (χ0n) is 14.6. The molecule has 132 valence electrons. The van der Waals surface area contributed by atoms with Crippen LogP contribution < -0.4 is 0 Å². The highest BCUT2D eigenvalue weighted by Crippen LogP contribution is 2.33. The normalized spacial score (nSPS) is 16.2. The molecule has 1 aliphatic rings. The molecular formula is C20H20N4O2.